The molecule has 0 fully saturated rings. The molecule has 0 aromatic heterocycles. The SMILES string of the molecule is C=C(/C=C\C(=C)C(=C)/C=C\C(=C)C(C)=O)CCCC. The molecular formula is C18H24O. The zero-order valence-corrected chi connectivity index (χ0v) is 12.2. The van der Waals surface area contributed by atoms with E-state index in [0.29, 0.717) is 5.57 Å². The zero-order valence-electron chi connectivity index (χ0n) is 12.2. The average molecular weight is 256 g/mol. The van der Waals surface area contributed by atoms with E-state index in [1.807, 2.05) is 12.2 Å². The Hall–Kier alpha value is -1.89. The maximum Gasteiger partial charge on any atom is 0.159 e. The summed E-state index contributed by atoms with van der Waals surface area (Å²) in [4.78, 5) is 11.0. The number of hydrogen-bond acceptors (Lipinski definition) is 1. The molecule has 102 valence electrons. The van der Waals surface area contributed by atoms with Crippen LogP contribution in [0.5, 0.6) is 0 Å². The van der Waals surface area contributed by atoms with Crippen molar-refractivity contribution in [2.24, 2.45) is 0 Å². The fourth-order valence-electron chi connectivity index (χ4n) is 1.24. The number of allylic oxidation sites excluding steroid dienone is 8. The third kappa shape index (κ3) is 7.93. The lowest BCUT2D eigenvalue weighted by atomic mass is 10.0. The molecule has 0 saturated heterocycles. The lowest BCUT2D eigenvalue weighted by Crippen LogP contribution is -1.90. The third-order valence-electron chi connectivity index (χ3n) is 2.72. The van der Waals surface area contributed by atoms with E-state index in [1.54, 1.807) is 12.2 Å². The van der Waals surface area contributed by atoms with Gasteiger partial charge in [0.1, 0.15) is 0 Å². The van der Waals surface area contributed by atoms with Crippen molar-refractivity contribution < 1.29 is 4.79 Å². The highest BCUT2D eigenvalue weighted by Crippen LogP contribution is 2.13. The summed E-state index contributed by atoms with van der Waals surface area (Å²) >= 11 is 0. The minimum Gasteiger partial charge on any atom is -0.295 e. The van der Waals surface area contributed by atoms with Gasteiger partial charge in [0.2, 0.25) is 0 Å². The lowest BCUT2D eigenvalue weighted by molar-refractivity contribution is -0.113. The van der Waals surface area contributed by atoms with Crippen molar-refractivity contribution in [2.45, 2.75) is 33.1 Å². The van der Waals surface area contributed by atoms with Crippen LogP contribution in [0.3, 0.4) is 0 Å². The summed E-state index contributed by atoms with van der Waals surface area (Å²) in [6.07, 6.45) is 10.6. The van der Waals surface area contributed by atoms with Crippen LogP contribution >= 0.6 is 0 Å². The first-order chi connectivity index (χ1) is 8.88. The highest BCUT2D eigenvalue weighted by Gasteiger charge is 1.96. The highest BCUT2D eigenvalue weighted by molar-refractivity contribution is 5.95. The first-order valence-corrected chi connectivity index (χ1v) is 6.50. The van der Waals surface area contributed by atoms with Gasteiger partial charge in [-0.05, 0) is 30.9 Å². The number of carbonyl (C=O) groups excluding carboxylic acids is 1. The van der Waals surface area contributed by atoms with Gasteiger partial charge >= 0.3 is 0 Å². The van der Waals surface area contributed by atoms with Gasteiger partial charge in [0, 0.05) is 5.57 Å². The van der Waals surface area contributed by atoms with Crippen LogP contribution in [0, 0.1) is 0 Å². The van der Waals surface area contributed by atoms with Crippen LogP contribution in [0.1, 0.15) is 33.1 Å². The van der Waals surface area contributed by atoms with Gasteiger partial charge in [0.15, 0.2) is 5.78 Å². The van der Waals surface area contributed by atoms with Gasteiger partial charge in [0.25, 0.3) is 0 Å². The zero-order chi connectivity index (χ0) is 14.8. The van der Waals surface area contributed by atoms with Gasteiger partial charge in [0.05, 0.1) is 0 Å². The minimum absolute atomic E-state index is 0.0434. The van der Waals surface area contributed by atoms with Crippen molar-refractivity contribution in [3.05, 3.63) is 72.9 Å². The summed E-state index contributed by atoms with van der Waals surface area (Å²) < 4.78 is 0. The number of carbonyl (C=O) groups is 1. The number of hydrogen-bond donors (Lipinski definition) is 0. The van der Waals surface area contributed by atoms with Crippen molar-refractivity contribution in [2.75, 3.05) is 0 Å². The standard InChI is InChI=1S/C18H24O/c1-7-8-9-14(2)10-11-15(3)16(4)12-13-17(5)18(6)19/h10-13H,2-5,7-9H2,1,6H3/b11-10-,13-12-. The van der Waals surface area contributed by atoms with Crippen LogP contribution in [-0.2, 0) is 4.79 Å². The highest BCUT2D eigenvalue weighted by atomic mass is 16.1. The molecule has 0 N–H and O–H groups in total. The largest absolute Gasteiger partial charge is 0.295 e. The summed E-state index contributed by atoms with van der Waals surface area (Å²) in [6, 6.07) is 0. The van der Waals surface area contributed by atoms with Gasteiger partial charge in [-0.1, -0.05) is 69.5 Å². The number of ketones is 1. The van der Waals surface area contributed by atoms with Crippen LogP contribution in [0.4, 0.5) is 0 Å². The number of rotatable bonds is 9. The van der Waals surface area contributed by atoms with Crippen LogP contribution < -0.4 is 0 Å². The summed E-state index contributed by atoms with van der Waals surface area (Å²) in [5.74, 6) is -0.0434. The van der Waals surface area contributed by atoms with E-state index in [4.69, 9.17) is 0 Å². The van der Waals surface area contributed by atoms with Gasteiger partial charge in [-0.2, -0.15) is 0 Å². The van der Waals surface area contributed by atoms with Crippen molar-refractivity contribution in [1.82, 2.24) is 0 Å². The first kappa shape index (κ1) is 17.1. The molecule has 0 aromatic carbocycles. The predicted octanol–water partition coefficient (Wildman–Crippen LogP) is 5.10. The lowest BCUT2D eigenvalue weighted by Gasteiger charge is -2.01. The van der Waals surface area contributed by atoms with Crippen LogP contribution in [0.25, 0.3) is 0 Å². The molecule has 0 heterocycles. The smallest absolute Gasteiger partial charge is 0.159 e. The van der Waals surface area contributed by atoms with Gasteiger partial charge < -0.3 is 0 Å². The fraction of sp³-hybridized carbons (Fsp3) is 0.278. The van der Waals surface area contributed by atoms with E-state index in [1.165, 1.54) is 6.92 Å². The monoisotopic (exact) mass is 256 g/mol. The van der Waals surface area contributed by atoms with E-state index in [-0.39, 0.29) is 5.78 Å². The second-order valence-electron chi connectivity index (χ2n) is 4.56. The van der Waals surface area contributed by atoms with Crippen LogP contribution in [-0.4, -0.2) is 5.78 Å². The van der Waals surface area contributed by atoms with E-state index in [9.17, 15) is 4.79 Å². The van der Waals surface area contributed by atoms with Crippen LogP contribution in [0.2, 0.25) is 0 Å². The minimum atomic E-state index is -0.0434. The van der Waals surface area contributed by atoms with E-state index >= 15 is 0 Å². The molecule has 19 heavy (non-hydrogen) atoms. The molecule has 0 saturated carbocycles. The second kappa shape index (κ2) is 9.09. The van der Waals surface area contributed by atoms with Gasteiger partial charge in [-0.15, -0.1) is 0 Å². The van der Waals surface area contributed by atoms with E-state index < -0.39 is 0 Å². The van der Waals surface area contributed by atoms with Gasteiger partial charge in [-0.25, -0.2) is 0 Å². The average Bonchev–Trinajstić information content (AvgIpc) is 2.38. The molecule has 0 amide bonds. The normalized spacial score (nSPS) is 10.8. The number of Topliss-reactive ketones (excluding diaryl/α,β-unsaturated/α-hetero) is 1. The Labute approximate surface area is 117 Å². The Kier molecular flexibility index (Phi) is 8.19. The Morgan fingerprint density at radius 3 is 1.84 bits per heavy atom. The molecule has 0 rings (SSSR count). The van der Waals surface area contributed by atoms with Crippen molar-refractivity contribution >= 4 is 5.78 Å². The second-order valence-corrected chi connectivity index (χ2v) is 4.56. The van der Waals surface area contributed by atoms with Gasteiger partial charge in [-0.3, -0.25) is 4.79 Å². The molecule has 0 spiro atoms. The van der Waals surface area contributed by atoms with E-state index in [0.717, 1.165) is 36.0 Å². The Bertz CT molecular complexity index is 444. The summed E-state index contributed by atoms with van der Waals surface area (Å²) in [6.45, 7) is 19.1. The molecule has 1 nitrogen and oxygen atoms in total. The molecule has 1 heteroatoms. The third-order valence-corrected chi connectivity index (χ3v) is 2.72. The fourth-order valence-corrected chi connectivity index (χ4v) is 1.24. The maximum atomic E-state index is 11.0. The van der Waals surface area contributed by atoms with Crippen molar-refractivity contribution in [3.63, 3.8) is 0 Å². The van der Waals surface area contributed by atoms with Crippen LogP contribution in [0.15, 0.2) is 72.9 Å². The molecule has 0 bridgehead atoms. The Balaban J connectivity index is 4.39. The quantitative estimate of drug-likeness (QED) is 0.414. The maximum absolute atomic E-state index is 11.0. The molecule has 0 aliphatic carbocycles. The molecular weight excluding hydrogens is 232 g/mol. The topological polar surface area (TPSA) is 17.1 Å². The molecule has 0 aliphatic heterocycles. The summed E-state index contributed by atoms with van der Waals surface area (Å²) in [5, 5.41) is 0. The van der Waals surface area contributed by atoms with Crippen molar-refractivity contribution in [3.8, 4) is 0 Å². The molecule has 0 aliphatic rings. The Morgan fingerprint density at radius 2 is 1.37 bits per heavy atom. The molecule has 0 atom stereocenters. The molecule has 0 aromatic rings. The first-order valence-electron chi connectivity index (χ1n) is 6.50. The predicted molar refractivity (Wildman–Crippen MR) is 85.0 cm³/mol. The summed E-state index contributed by atoms with van der Waals surface area (Å²) in [5.41, 5.74) is 3.13. The number of unbranched alkanes of at least 4 members (excludes halogenated alkanes) is 1. The summed E-state index contributed by atoms with van der Waals surface area (Å²) in [7, 11) is 0. The molecule has 0 unspecified atom stereocenters. The molecule has 0 radical (unpaired) electrons. The van der Waals surface area contributed by atoms with Crippen molar-refractivity contribution in [1.29, 1.82) is 0 Å². The van der Waals surface area contributed by atoms with E-state index in [2.05, 4.69) is 33.2 Å². The Morgan fingerprint density at radius 1 is 0.895 bits per heavy atom.